The van der Waals surface area contributed by atoms with Gasteiger partial charge in [0.05, 0.1) is 12.7 Å². The van der Waals surface area contributed by atoms with E-state index >= 15 is 0 Å². The van der Waals surface area contributed by atoms with E-state index in [9.17, 15) is 18.0 Å². The summed E-state index contributed by atoms with van der Waals surface area (Å²) in [5.41, 5.74) is -0.960. The molecule has 1 N–H and O–H groups in total. The van der Waals surface area contributed by atoms with E-state index in [-0.39, 0.29) is 16.9 Å². The number of rotatable bonds is 4. The van der Waals surface area contributed by atoms with E-state index in [0.29, 0.717) is 12.5 Å². The number of nitrogens with one attached hydrogen (secondary N) is 1. The van der Waals surface area contributed by atoms with Gasteiger partial charge in [-0.05, 0) is 44.0 Å². The van der Waals surface area contributed by atoms with Crippen molar-refractivity contribution in [2.45, 2.75) is 24.6 Å². The third-order valence-corrected chi connectivity index (χ3v) is 5.02. The Kier molecular flexibility index (Phi) is 3.78. The minimum atomic E-state index is -4.56. The monoisotopic (exact) mass is 328 g/mol. The molecule has 23 heavy (non-hydrogen) atoms. The van der Waals surface area contributed by atoms with E-state index in [1.807, 2.05) is 7.05 Å². The highest BCUT2D eigenvalue weighted by atomic mass is 19.4. The first-order chi connectivity index (χ1) is 10.7. The maximum absolute atomic E-state index is 13.0. The quantitative estimate of drug-likeness (QED) is 0.923. The molecule has 1 aromatic rings. The Morgan fingerprint density at radius 3 is 2.65 bits per heavy atom. The summed E-state index contributed by atoms with van der Waals surface area (Å²) in [5, 5.41) is 2.78. The maximum Gasteiger partial charge on any atom is 0.419 e. The lowest BCUT2D eigenvalue weighted by Gasteiger charge is -2.41. The van der Waals surface area contributed by atoms with Gasteiger partial charge >= 0.3 is 6.18 Å². The van der Waals surface area contributed by atoms with Crippen LogP contribution in [0.5, 0.6) is 5.75 Å². The van der Waals surface area contributed by atoms with E-state index in [2.05, 4.69) is 10.2 Å². The van der Waals surface area contributed by atoms with Crippen molar-refractivity contribution in [2.75, 3.05) is 27.2 Å². The van der Waals surface area contributed by atoms with Crippen LogP contribution in [-0.4, -0.2) is 43.6 Å². The number of methoxy groups -OCH3 is 1. The fraction of sp³-hybridized carbons (Fsp3) is 0.562. The summed E-state index contributed by atoms with van der Waals surface area (Å²) in [7, 11) is 3.20. The van der Waals surface area contributed by atoms with E-state index in [1.54, 1.807) is 0 Å². The molecule has 4 nitrogen and oxygen atoms in total. The Hall–Kier alpha value is -1.76. The van der Waals surface area contributed by atoms with Gasteiger partial charge < -0.3 is 10.1 Å². The number of alkyl halides is 3. The Morgan fingerprint density at radius 2 is 2.13 bits per heavy atom. The van der Waals surface area contributed by atoms with Crippen LogP contribution in [0.25, 0.3) is 0 Å². The van der Waals surface area contributed by atoms with Crippen LogP contribution in [0.4, 0.5) is 13.2 Å². The van der Waals surface area contributed by atoms with Gasteiger partial charge in [-0.1, -0.05) is 0 Å². The molecule has 0 aromatic heterocycles. The van der Waals surface area contributed by atoms with Gasteiger partial charge in [0.15, 0.2) is 0 Å². The van der Waals surface area contributed by atoms with Crippen LogP contribution in [-0.2, 0) is 6.18 Å². The van der Waals surface area contributed by atoms with Crippen LogP contribution in [0.2, 0.25) is 0 Å². The van der Waals surface area contributed by atoms with Crippen molar-refractivity contribution in [3.05, 3.63) is 29.3 Å². The minimum absolute atomic E-state index is 0.00829. The molecule has 0 atom stereocenters. The Morgan fingerprint density at radius 1 is 1.43 bits per heavy atom. The number of nitrogens with zero attached hydrogens (tertiary/aromatic N) is 1. The van der Waals surface area contributed by atoms with Gasteiger partial charge in [0.2, 0.25) is 0 Å². The average molecular weight is 328 g/mol. The number of carbonyl (C=O) groups is 1. The van der Waals surface area contributed by atoms with Crippen molar-refractivity contribution >= 4 is 5.91 Å². The zero-order valence-corrected chi connectivity index (χ0v) is 13.0. The molecule has 4 rings (SSSR count). The van der Waals surface area contributed by atoms with Crippen LogP contribution in [0.15, 0.2) is 18.2 Å². The van der Waals surface area contributed by atoms with Crippen molar-refractivity contribution in [3.63, 3.8) is 0 Å². The van der Waals surface area contributed by atoms with Crippen LogP contribution in [0.1, 0.15) is 28.8 Å². The van der Waals surface area contributed by atoms with Crippen molar-refractivity contribution in [1.29, 1.82) is 0 Å². The lowest BCUT2D eigenvalue weighted by Crippen LogP contribution is -2.52. The van der Waals surface area contributed by atoms with Crippen molar-refractivity contribution in [1.82, 2.24) is 10.2 Å². The zero-order chi connectivity index (χ0) is 16.8. The second kappa shape index (κ2) is 5.40. The predicted octanol–water partition coefficient (Wildman–Crippen LogP) is 2.54. The molecule has 0 radical (unpaired) electrons. The van der Waals surface area contributed by atoms with E-state index in [4.69, 9.17) is 4.74 Å². The summed E-state index contributed by atoms with van der Waals surface area (Å²) in [5.74, 6) is -0.0870. The number of ether oxygens (including phenoxy) is 1. The first kappa shape index (κ1) is 16.1. The van der Waals surface area contributed by atoms with E-state index in [1.165, 1.54) is 19.2 Å². The minimum Gasteiger partial charge on any atom is -0.496 e. The number of benzene rings is 1. The number of likely N-dealkylation sites (N-methyl/N-ethyl adjacent to an activating group) is 1. The van der Waals surface area contributed by atoms with E-state index < -0.39 is 17.6 Å². The maximum atomic E-state index is 13.0. The van der Waals surface area contributed by atoms with Gasteiger partial charge in [-0.3, -0.25) is 9.69 Å². The number of amides is 1. The van der Waals surface area contributed by atoms with Crippen molar-refractivity contribution in [3.8, 4) is 5.75 Å². The predicted molar refractivity (Wildman–Crippen MR) is 78.4 cm³/mol. The fourth-order valence-corrected chi connectivity index (χ4v) is 3.73. The SMILES string of the molecule is COc1ccc(C(=O)NCC23CC(CN2C)C3)cc1C(F)(F)F. The van der Waals surface area contributed by atoms with Gasteiger partial charge in [0.1, 0.15) is 5.75 Å². The number of fused-ring (bicyclic) bond motifs is 1. The third-order valence-electron chi connectivity index (χ3n) is 5.02. The normalized spacial score (nSPS) is 26.7. The topological polar surface area (TPSA) is 41.6 Å². The number of hydrogen-bond acceptors (Lipinski definition) is 3. The Balaban J connectivity index is 1.72. The molecule has 3 fully saturated rings. The highest BCUT2D eigenvalue weighted by Gasteiger charge is 2.54. The summed E-state index contributed by atoms with van der Waals surface area (Å²) in [4.78, 5) is 14.4. The molecule has 7 heteroatoms. The molecule has 3 aliphatic rings. The zero-order valence-electron chi connectivity index (χ0n) is 13.0. The average Bonchev–Trinajstić information content (AvgIpc) is 2.94. The van der Waals surface area contributed by atoms with Crippen molar-refractivity contribution in [2.24, 2.45) is 5.92 Å². The molecule has 1 amide bonds. The third kappa shape index (κ3) is 2.78. The van der Waals surface area contributed by atoms with Crippen LogP contribution >= 0.6 is 0 Å². The Bertz CT molecular complexity index is 624. The first-order valence-corrected chi connectivity index (χ1v) is 7.50. The van der Waals surface area contributed by atoms with Crippen LogP contribution in [0.3, 0.4) is 0 Å². The fourth-order valence-electron chi connectivity index (χ4n) is 3.73. The number of hydrogen-bond donors (Lipinski definition) is 1. The second-order valence-corrected chi connectivity index (χ2v) is 6.47. The lowest BCUT2D eigenvalue weighted by molar-refractivity contribution is -0.138. The number of carbonyl (C=O) groups excluding carboxylic acids is 1. The summed E-state index contributed by atoms with van der Waals surface area (Å²) in [6, 6.07) is 3.37. The second-order valence-electron chi connectivity index (χ2n) is 6.47. The smallest absolute Gasteiger partial charge is 0.419 e. The molecule has 0 spiro atoms. The molecule has 0 unspecified atom stereocenters. The Labute approximate surface area is 132 Å². The highest BCUT2D eigenvalue weighted by molar-refractivity contribution is 5.94. The molecular weight excluding hydrogens is 309 g/mol. The molecule has 2 saturated heterocycles. The molecule has 1 aromatic carbocycles. The van der Waals surface area contributed by atoms with Gasteiger partial charge in [0, 0.05) is 24.2 Å². The standard InChI is InChI=1S/C16H19F3N2O2/c1-21-8-10-6-15(21,7-10)9-20-14(22)11-3-4-13(23-2)12(5-11)16(17,18)19/h3-5,10H,6-9H2,1-2H3,(H,20,22). The van der Waals surface area contributed by atoms with Gasteiger partial charge in [-0.15, -0.1) is 0 Å². The lowest BCUT2D eigenvalue weighted by atomic mass is 9.73. The summed E-state index contributed by atoms with van der Waals surface area (Å²) < 4.78 is 43.8. The summed E-state index contributed by atoms with van der Waals surface area (Å²) in [6.07, 6.45) is -2.48. The molecular formula is C16H19F3N2O2. The highest BCUT2D eigenvalue weighted by Crippen LogP contribution is 2.49. The molecule has 2 heterocycles. The van der Waals surface area contributed by atoms with Crippen LogP contribution in [0, 0.1) is 5.92 Å². The van der Waals surface area contributed by atoms with Gasteiger partial charge in [0.25, 0.3) is 5.91 Å². The van der Waals surface area contributed by atoms with E-state index in [0.717, 1.165) is 25.5 Å². The van der Waals surface area contributed by atoms with Crippen molar-refractivity contribution < 1.29 is 22.7 Å². The molecule has 2 aliphatic heterocycles. The summed E-state index contributed by atoms with van der Waals surface area (Å²) in [6.45, 7) is 1.49. The molecule has 1 saturated carbocycles. The molecule has 2 bridgehead atoms. The molecule has 126 valence electrons. The van der Waals surface area contributed by atoms with Crippen LogP contribution < -0.4 is 10.1 Å². The van der Waals surface area contributed by atoms with Gasteiger partial charge in [-0.25, -0.2) is 0 Å². The molecule has 1 aliphatic carbocycles. The van der Waals surface area contributed by atoms with Gasteiger partial charge in [-0.2, -0.15) is 13.2 Å². The number of halogens is 3. The first-order valence-electron chi connectivity index (χ1n) is 7.50. The largest absolute Gasteiger partial charge is 0.496 e. The summed E-state index contributed by atoms with van der Waals surface area (Å²) >= 11 is 0.